The summed E-state index contributed by atoms with van der Waals surface area (Å²) < 4.78 is 29.7. The first kappa shape index (κ1) is 21.7. The summed E-state index contributed by atoms with van der Waals surface area (Å²) in [5, 5.41) is 30.4. The molecule has 3 aromatic rings. The van der Waals surface area contributed by atoms with Gasteiger partial charge in [0.05, 0.1) is 21.3 Å². The first-order valence-corrected chi connectivity index (χ1v) is 10.1. The Morgan fingerprint density at radius 3 is 2.32 bits per heavy atom. The van der Waals surface area contributed by atoms with Gasteiger partial charge >= 0.3 is 0 Å². The summed E-state index contributed by atoms with van der Waals surface area (Å²) in [6.45, 7) is 0.696. The lowest BCUT2D eigenvalue weighted by molar-refractivity contribution is -0.395. The van der Waals surface area contributed by atoms with Crippen LogP contribution in [-0.4, -0.2) is 44.4 Å². The minimum atomic E-state index is -4.34. The minimum Gasteiger partial charge on any atom is -0.268 e. The fraction of sp³-hybridized carbons (Fsp3) is 0.188. The molecule has 31 heavy (non-hydrogen) atoms. The fourth-order valence-corrected chi connectivity index (χ4v) is 3.75. The number of benzene rings is 1. The van der Waals surface area contributed by atoms with Gasteiger partial charge in [0.25, 0.3) is 16.9 Å². The number of aromatic nitrogens is 4. The highest BCUT2D eigenvalue weighted by Gasteiger charge is 2.27. The lowest BCUT2D eigenvalue weighted by Gasteiger charge is -2.10. The number of hydrogen-bond acceptors (Lipinski definition) is 9. The standard InChI is InChI=1S/C16H15N7O7S/c1-11-13(22(25)26)9-12(10-14(11)23(27)28)31(29,30)18-6-8-21-16(24)4-3-15(19-21)20-7-2-5-17-20/h2-5,7,9-10,18H,6,8H2,1H3. The molecule has 1 N–H and O–H groups in total. The Balaban J connectivity index is 1.83. The van der Waals surface area contributed by atoms with E-state index < -0.39 is 41.7 Å². The molecule has 15 heteroatoms. The zero-order chi connectivity index (χ0) is 22.8. The molecule has 0 fully saturated rings. The van der Waals surface area contributed by atoms with E-state index in [4.69, 9.17) is 0 Å². The molecule has 0 atom stereocenters. The van der Waals surface area contributed by atoms with E-state index in [1.165, 1.54) is 23.0 Å². The van der Waals surface area contributed by atoms with Gasteiger partial charge in [0.15, 0.2) is 5.82 Å². The van der Waals surface area contributed by atoms with Crippen molar-refractivity contribution in [2.45, 2.75) is 18.4 Å². The molecule has 0 saturated heterocycles. The van der Waals surface area contributed by atoms with Crippen LogP contribution in [0.15, 0.2) is 52.4 Å². The Bertz CT molecular complexity index is 1280. The van der Waals surface area contributed by atoms with Crippen LogP contribution in [-0.2, 0) is 16.6 Å². The zero-order valence-electron chi connectivity index (χ0n) is 15.9. The van der Waals surface area contributed by atoms with Crippen molar-refractivity contribution in [1.29, 1.82) is 0 Å². The van der Waals surface area contributed by atoms with Crippen LogP contribution < -0.4 is 10.3 Å². The summed E-state index contributed by atoms with van der Waals surface area (Å²) in [6, 6.07) is 5.83. The van der Waals surface area contributed by atoms with Gasteiger partial charge in [-0.25, -0.2) is 22.5 Å². The number of sulfonamides is 1. The van der Waals surface area contributed by atoms with Crippen LogP contribution in [0.5, 0.6) is 0 Å². The van der Waals surface area contributed by atoms with Crippen molar-refractivity contribution in [3.8, 4) is 5.82 Å². The third-order valence-electron chi connectivity index (χ3n) is 4.24. The van der Waals surface area contributed by atoms with Gasteiger partial charge in [-0.2, -0.15) is 5.10 Å². The quantitative estimate of drug-likeness (QED) is 0.378. The Kier molecular flexibility index (Phi) is 5.89. The SMILES string of the molecule is Cc1c([N+](=O)[O-])cc(S(=O)(=O)NCCn2nc(-n3cccn3)ccc2=O)cc1[N+](=O)[O-]. The Morgan fingerprint density at radius 2 is 1.77 bits per heavy atom. The van der Waals surface area contributed by atoms with E-state index in [0.29, 0.717) is 5.82 Å². The van der Waals surface area contributed by atoms with Crippen LogP contribution in [0.3, 0.4) is 0 Å². The normalized spacial score (nSPS) is 11.4. The maximum absolute atomic E-state index is 12.5. The lowest BCUT2D eigenvalue weighted by atomic mass is 10.1. The van der Waals surface area contributed by atoms with Crippen LogP contribution in [0.25, 0.3) is 5.82 Å². The van der Waals surface area contributed by atoms with Gasteiger partial charge in [0, 0.05) is 37.1 Å². The van der Waals surface area contributed by atoms with E-state index in [2.05, 4.69) is 14.9 Å². The smallest absolute Gasteiger partial charge is 0.268 e. The third kappa shape index (κ3) is 4.62. The average Bonchev–Trinajstić information content (AvgIpc) is 3.23. The summed E-state index contributed by atoms with van der Waals surface area (Å²) >= 11 is 0. The molecule has 0 spiro atoms. The van der Waals surface area contributed by atoms with Gasteiger partial charge in [-0.05, 0) is 19.1 Å². The van der Waals surface area contributed by atoms with E-state index in [9.17, 15) is 33.4 Å². The van der Waals surface area contributed by atoms with Crippen molar-refractivity contribution in [3.63, 3.8) is 0 Å². The van der Waals surface area contributed by atoms with Crippen molar-refractivity contribution in [1.82, 2.24) is 24.3 Å². The predicted molar refractivity (Wildman–Crippen MR) is 105 cm³/mol. The zero-order valence-corrected chi connectivity index (χ0v) is 16.7. The largest absolute Gasteiger partial charge is 0.280 e. The van der Waals surface area contributed by atoms with Gasteiger partial charge in [-0.1, -0.05) is 0 Å². The second-order valence-electron chi connectivity index (χ2n) is 6.20. The molecule has 0 aliphatic rings. The van der Waals surface area contributed by atoms with Crippen molar-refractivity contribution in [2.24, 2.45) is 0 Å². The van der Waals surface area contributed by atoms with Crippen LogP contribution in [0, 0.1) is 27.2 Å². The highest BCUT2D eigenvalue weighted by molar-refractivity contribution is 7.89. The molecule has 0 aliphatic heterocycles. The van der Waals surface area contributed by atoms with Gasteiger partial charge in [-0.15, -0.1) is 5.10 Å². The monoisotopic (exact) mass is 449 g/mol. The van der Waals surface area contributed by atoms with Crippen molar-refractivity contribution < 1.29 is 18.3 Å². The number of nitro benzene ring substituents is 2. The van der Waals surface area contributed by atoms with Gasteiger partial charge in [0.1, 0.15) is 5.56 Å². The first-order valence-electron chi connectivity index (χ1n) is 8.61. The van der Waals surface area contributed by atoms with E-state index >= 15 is 0 Å². The topological polar surface area (TPSA) is 185 Å². The summed E-state index contributed by atoms with van der Waals surface area (Å²) in [7, 11) is -4.34. The molecule has 0 bridgehead atoms. The highest BCUT2D eigenvalue weighted by atomic mass is 32.2. The summed E-state index contributed by atoms with van der Waals surface area (Å²) in [5.41, 5.74) is -2.14. The molecular formula is C16H15N7O7S. The molecule has 0 radical (unpaired) electrons. The molecule has 0 amide bonds. The van der Waals surface area contributed by atoms with Crippen LogP contribution in [0.1, 0.15) is 5.56 Å². The summed E-state index contributed by atoms with van der Waals surface area (Å²) in [6.07, 6.45) is 3.13. The Labute approximate surface area is 174 Å². The third-order valence-corrected chi connectivity index (χ3v) is 5.68. The van der Waals surface area contributed by atoms with Crippen molar-refractivity contribution in [3.05, 3.63) is 78.9 Å². The van der Waals surface area contributed by atoms with Gasteiger partial charge in [-0.3, -0.25) is 25.0 Å². The molecular weight excluding hydrogens is 434 g/mol. The second kappa shape index (κ2) is 8.41. The molecule has 14 nitrogen and oxygen atoms in total. The second-order valence-corrected chi connectivity index (χ2v) is 7.97. The molecule has 162 valence electrons. The average molecular weight is 449 g/mol. The molecule has 2 aromatic heterocycles. The van der Waals surface area contributed by atoms with Gasteiger partial charge < -0.3 is 0 Å². The van der Waals surface area contributed by atoms with Crippen molar-refractivity contribution in [2.75, 3.05) is 6.54 Å². The number of nitrogens with one attached hydrogen (secondary N) is 1. The van der Waals surface area contributed by atoms with E-state index in [0.717, 1.165) is 23.7 Å². The maximum Gasteiger partial charge on any atom is 0.280 e. The molecule has 1 aromatic carbocycles. The fourth-order valence-electron chi connectivity index (χ4n) is 2.69. The van der Waals surface area contributed by atoms with Crippen LogP contribution >= 0.6 is 0 Å². The van der Waals surface area contributed by atoms with Crippen LogP contribution in [0.2, 0.25) is 0 Å². The molecule has 3 rings (SSSR count). The minimum absolute atomic E-state index is 0.163. The number of nitrogens with zero attached hydrogens (tertiary/aromatic N) is 6. The Hall–Kier alpha value is -3.98. The summed E-state index contributed by atoms with van der Waals surface area (Å²) in [4.78, 5) is 31.9. The summed E-state index contributed by atoms with van der Waals surface area (Å²) in [5.74, 6) is 0.331. The predicted octanol–water partition coefficient (Wildman–Crippen LogP) is 0.532. The number of hydrogen-bond donors (Lipinski definition) is 1. The van der Waals surface area contributed by atoms with E-state index in [1.54, 1.807) is 12.3 Å². The van der Waals surface area contributed by atoms with Crippen molar-refractivity contribution >= 4 is 21.4 Å². The van der Waals surface area contributed by atoms with Gasteiger partial charge in [0.2, 0.25) is 10.0 Å². The Morgan fingerprint density at radius 1 is 1.13 bits per heavy atom. The maximum atomic E-state index is 12.5. The molecule has 0 unspecified atom stereocenters. The molecule has 0 saturated carbocycles. The number of rotatable bonds is 8. The lowest BCUT2D eigenvalue weighted by Crippen LogP contribution is -2.32. The van der Waals surface area contributed by atoms with E-state index in [-0.39, 0.29) is 18.7 Å². The first-order chi connectivity index (χ1) is 14.6. The number of nitro groups is 2. The van der Waals surface area contributed by atoms with E-state index in [1.807, 2.05) is 0 Å². The highest BCUT2D eigenvalue weighted by Crippen LogP contribution is 2.31. The molecule has 2 heterocycles. The van der Waals surface area contributed by atoms with Crippen LogP contribution in [0.4, 0.5) is 11.4 Å². The molecule has 0 aliphatic carbocycles.